The zero-order valence-corrected chi connectivity index (χ0v) is 14.7. The quantitative estimate of drug-likeness (QED) is 0.841. The Bertz CT molecular complexity index is 658. The number of aromatic amines is 1. The first kappa shape index (κ1) is 19.1. The molecule has 0 spiro atoms. The molecule has 0 radical (unpaired) electrons. The average Bonchev–Trinajstić information content (AvgIpc) is 2.51. The summed E-state index contributed by atoms with van der Waals surface area (Å²) in [6.45, 7) is 10.4. The van der Waals surface area contributed by atoms with Crippen LogP contribution >= 0.6 is 0 Å². The monoisotopic (exact) mass is 318 g/mol. The van der Waals surface area contributed by atoms with Crippen molar-refractivity contribution in [1.29, 1.82) is 0 Å². The highest BCUT2D eigenvalue weighted by molar-refractivity contribution is 5.63. The SMILES string of the molecule is CCCCC.Cc1c(-c2ccc(F)cc2)nc(=O)[nH]c1C(C)C. The van der Waals surface area contributed by atoms with Gasteiger partial charge in [0.25, 0.3) is 0 Å². The van der Waals surface area contributed by atoms with Gasteiger partial charge in [0.2, 0.25) is 0 Å². The van der Waals surface area contributed by atoms with E-state index >= 15 is 0 Å². The van der Waals surface area contributed by atoms with E-state index in [4.69, 9.17) is 0 Å². The molecule has 3 nitrogen and oxygen atoms in total. The van der Waals surface area contributed by atoms with Crippen LogP contribution in [0, 0.1) is 12.7 Å². The van der Waals surface area contributed by atoms with Crippen LogP contribution in [0.4, 0.5) is 4.39 Å². The Morgan fingerprint density at radius 3 is 2.13 bits per heavy atom. The molecular formula is C19H27FN2O. The molecule has 2 aromatic rings. The molecule has 0 amide bonds. The molecule has 0 aliphatic carbocycles. The number of nitrogens with one attached hydrogen (secondary N) is 1. The number of nitrogens with zero attached hydrogens (tertiary/aromatic N) is 1. The first-order valence-electron chi connectivity index (χ1n) is 8.27. The molecule has 2 rings (SSSR count). The van der Waals surface area contributed by atoms with Crippen molar-refractivity contribution < 1.29 is 4.39 Å². The van der Waals surface area contributed by atoms with Crippen LogP contribution in [0.5, 0.6) is 0 Å². The van der Waals surface area contributed by atoms with E-state index in [1.165, 1.54) is 31.4 Å². The van der Waals surface area contributed by atoms with Gasteiger partial charge in [0.15, 0.2) is 0 Å². The molecule has 1 heterocycles. The zero-order valence-electron chi connectivity index (χ0n) is 14.7. The van der Waals surface area contributed by atoms with Gasteiger partial charge < -0.3 is 4.98 Å². The molecule has 0 saturated heterocycles. The lowest BCUT2D eigenvalue weighted by atomic mass is 10.00. The molecule has 0 aliphatic rings. The number of benzene rings is 1. The Morgan fingerprint density at radius 1 is 1.13 bits per heavy atom. The second kappa shape index (κ2) is 9.23. The standard InChI is InChI=1S/C14H15FN2O.C5H12/c1-8(2)12-9(3)13(17-14(18)16-12)10-4-6-11(15)7-5-10;1-3-5-4-2/h4-8H,1-3H3,(H,16,17,18);3-5H2,1-2H3. The Morgan fingerprint density at radius 2 is 1.70 bits per heavy atom. The van der Waals surface area contributed by atoms with Crippen molar-refractivity contribution in [2.45, 2.75) is 59.8 Å². The van der Waals surface area contributed by atoms with Crippen molar-refractivity contribution in [3.05, 3.63) is 51.8 Å². The lowest BCUT2D eigenvalue weighted by Gasteiger charge is -2.12. The number of rotatable bonds is 4. The molecule has 0 bridgehead atoms. The Labute approximate surface area is 138 Å². The second-order valence-corrected chi connectivity index (χ2v) is 5.94. The van der Waals surface area contributed by atoms with Gasteiger partial charge in [-0.2, -0.15) is 4.98 Å². The van der Waals surface area contributed by atoms with E-state index in [0.29, 0.717) is 5.69 Å². The lowest BCUT2D eigenvalue weighted by Crippen LogP contribution is -2.16. The third-order valence-electron chi connectivity index (χ3n) is 3.62. The van der Waals surface area contributed by atoms with Gasteiger partial charge in [0.1, 0.15) is 5.82 Å². The Balaban J connectivity index is 0.000000463. The number of halogens is 1. The van der Waals surface area contributed by atoms with E-state index in [-0.39, 0.29) is 17.4 Å². The number of hydrogen-bond donors (Lipinski definition) is 1. The molecule has 126 valence electrons. The highest BCUT2D eigenvalue weighted by Gasteiger charge is 2.12. The normalized spacial score (nSPS) is 10.4. The molecule has 0 atom stereocenters. The molecule has 1 N–H and O–H groups in total. The van der Waals surface area contributed by atoms with Crippen LogP contribution in [-0.4, -0.2) is 9.97 Å². The molecule has 4 heteroatoms. The van der Waals surface area contributed by atoms with Crippen LogP contribution in [0.1, 0.15) is 64.1 Å². The maximum atomic E-state index is 12.9. The molecule has 0 fully saturated rings. The van der Waals surface area contributed by atoms with E-state index in [0.717, 1.165) is 16.8 Å². The smallest absolute Gasteiger partial charge is 0.309 e. The lowest BCUT2D eigenvalue weighted by molar-refractivity contribution is 0.628. The predicted molar refractivity (Wildman–Crippen MR) is 94.3 cm³/mol. The molecular weight excluding hydrogens is 291 g/mol. The highest BCUT2D eigenvalue weighted by Crippen LogP contribution is 2.24. The van der Waals surface area contributed by atoms with Crippen LogP contribution in [0.3, 0.4) is 0 Å². The number of hydrogen-bond acceptors (Lipinski definition) is 2. The number of aromatic nitrogens is 2. The van der Waals surface area contributed by atoms with E-state index in [9.17, 15) is 9.18 Å². The van der Waals surface area contributed by atoms with Gasteiger partial charge in [0.05, 0.1) is 5.69 Å². The number of unbranched alkanes of at least 4 members (excludes halogenated alkanes) is 2. The predicted octanol–water partition coefficient (Wildman–Crippen LogP) is 5.20. The molecule has 0 saturated carbocycles. The average molecular weight is 318 g/mol. The van der Waals surface area contributed by atoms with Crippen LogP contribution in [0.2, 0.25) is 0 Å². The maximum Gasteiger partial charge on any atom is 0.345 e. The van der Waals surface area contributed by atoms with Gasteiger partial charge in [-0.25, -0.2) is 9.18 Å². The summed E-state index contributed by atoms with van der Waals surface area (Å²) in [5.41, 5.74) is 2.79. The minimum atomic E-state index is -0.372. The van der Waals surface area contributed by atoms with Gasteiger partial charge in [0, 0.05) is 11.3 Å². The first-order valence-corrected chi connectivity index (χ1v) is 8.27. The van der Waals surface area contributed by atoms with Crippen molar-refractivity contribution in [2.75, 3.05) is 0 Å². The molecule has 1 aromatic heterocycles. The van der Waals surface area contributed by atoms with E-state index in [1.54, 1.807) is 12.1 Å². The maximum absolute atomic E-state index is 12.9. The summed E-state index contributed by atoms with van der Waals surface area (Å²) >= 11 is 0. The van der Waals surface area contributed by atoms with Crippen molar-refractivity contribution in [1.82, 2.24) is 9.97 Å². The molecule has 0 aliphatic heterocycles. The van der Waals surface area contributed by atoms with Crippen molar-refractivity contribution >= 4 is 0 Å². The third kappa shape index (κ3) is 5.62. The summed E-state index contributed by atoms with van der Waals surface area (Å²) in [4.78, 5) is 18.3. The van der Waals surface area contributed by atoms with Gasteiger partial charge in [-0.05, 0) is 42.7 Å². The van der Waals surface area contributed by atoms with Crippen molar-refractivity contribution in [3.63, 3.8) is 0 Å². The van der Waals surface area contributed by atoms with Gasteiger partial charge in [-0.15, -0.1) is 0 Å². The van der Waals surface area contributed by atoms with Gasteiger partial charge in [-0.3, -0.25) is 0 Å². The first-order chi connectivity index (χ1) is 10.9. The highest BCUT2D eigenvalue weighted by atomic mass is 19.1. The molecule has 23 heavy (non-hydrogen) atoms. The fourth-order valence-electron chi connectivity index (χ4n) is 2.37. The minimum Gasteiger partial charge on any atom is -0.309 e. The molecule has 0 unspecified atom stereocenters. The minimum absolute atomic E-state index is 0.208. The topological polar surface area (TPSA) is 45.8 Å². The fourth-order valence-corrected chi connectivity index (χ4v) is 2.37. The second-order valence-electron chi connectivity index (χ2n) is 5.94. The summed E-state index contributed by atoms with van der Waals surface area (Å²) in [7, 11) is 0. The van der Waals surface area contributed by atoms with Crippen molar-refractivity contribution in [3.8, 4) is 11.3 Å². The summed E-state index contributed by atoms with van der Waals surface area (Å²) in [6, 6.07) is 6.00. The summed E-state index contributed by atoms with van der Waals surface area (Å²) in [6.07, 6.45) is 4.08. The number of H-pyrrole nitrogens is 1. The van der Waals surface area contributed by atoms with Gasteiger partial charge in [-0.1, -0.05) is 47.0 Å². The summed E-state index contributed by atoms with van der Waals surface area (Å²) in [5, 5.41) is 0. The van der Waals surface area contributed by atoms with Crippen LogP contribution in [0.15, 0.2) is 29.1 Å². The van der Waals surface area contributed by atoms with Crippen LogP contribution in [0.25, 0.3) is 11.3 Å². The third-order valence-corrected chi connectivity index (χ3v) is 3.62. The Kier molecular flexibility index (Phi) is 7.66. The van der Waals surface area contributed by atoms with E-state index < -0.39 is 0 Å². The zero-order chi connectivity index (χ0) is 17.4. The molecule has 1 aromatic carbocycles. The fraction of sp³-hybridized carbons (Fsp3) is 0.474. The Hall–Kier alpha value is -1.97. The van der Waals surface area contributed by atoms with E-state index in [1.807, 2.05) is 20.8 Å². The van der Waals surface area contributed by atoms with Crippen molar-refractivity contribution in [2.24, 2.45) is 0 Å². The van der Waals surface area contributed by atoms with Gasteiger partial charge >= 0.3 is 5.69 Å². The summed E-state index contributed by atoms with van der Waals surface area (Å²) < 4.78 is 12.9. The largest absolute Gasteiger partial charge is 0.345 e. The summed E-state index contributed by atoms with van der Waals surface area (Å²) in [5.74, 6) is -0.0924. The van der Waals surface area contributed by atoms with E-state index in [2.05, 4.69) is 23.8 Å². The van der Waals surface area contributed by atoms with Crippen LogP contribution in [-0.2, 0) is 0 Å². The van der Waals surface area contributed by atoms with Crippen LogP contribution < -0.4 is 5.69 Å².